The first-order valence-electron chi connectivity index (χ1n) is 23.6. The third-order valence-electron chi connectivity index (χ3n) is 18.3. The predicted molar refractivity (Wildman–Crippen MR) is 239 cm³/mol. The monoisotopic (exact) mass is 843 g/mol. The summed E-state index contributed by atoms with van der Waals surface area (Å²) in [6.45, 7) is 22.6. The van der Waals surface area contributed by atoms with Crippen molar-refractivity contribution in [2.75, 3.05) is 50.9 Å². The minimum Gasteiger partial charge on any atom is -0.465 e. The van der Waals surface area contributed by atoms with Gasteiger partial charge in [-0.25, -0.2) is 13.2 Å². The van der Waals surface area contributed by atoms with Gasteiger partial charge in [0.05, 0.1) is 23.7 Å². The van der Waals surface area contributed by atoms with E-state index in [9.17, 15) is 18.0 Å². The molecule has 330 valence electrons. The van der Waals surface area contributed by atoms with Crippen LogP contribution in [-0.4, -0.2) is 81.7 Å². The largest absolute Gasteiger partial charge is 0.465 e. The number of allylic oxidation sites excluding steroid dienone is 5. The number of hydrogen-bond acceptors (Lipinski definition) is 8. The zero-order chi connectivity index (χ0) is 42.7. The molecule has 4 saturated carbocycles. The first-order valence-corrected chi connectivity index (χ1v) is 25.4. The smallest absolute Gasteiger partial charge is 0.338 e. The number of carbonyl (C=O) groups is 2. The fraction of sp³-hybridized carbons (Fsp3) is 0.725. The summed E-state index contributed by atoms with van der Waals surface area (Å²) in [5, 5.41) is 4.21. The van der Waals surface area contributed by atoms with E-state index in [2.05, 4.69) is 63.6 Å². The van der Waals surface area contributed by atoms with Gasteiger partial charge >= 0.3 is 11.9 Å². The van der Waals surface area contributed by atoms with E-state index in [4.69, 9.17) is 9.47 Å². The molecular formula is C51H74N2O6S. The molecule has 0 amide bonds. The standard InChI is InChI=1S/C51H74N2O6S/c1-8-58-46(55)50(34-59-45(54)37-12-10-9-11-13-37)24-16-36(17-25-50)40-19-22-49(7)42(47(40,4)5)21-23-48(6)41-20-27-51(52-28-29-53-30-32-60(56,57)33-31-53)26-18-38(35(2)3)44(51)39(41)14-15-43(48)49/h9-13,16,19,38-39,41-44,52H,2,8,14-15,17-18,20-34H2,1,3-7H3/t38-,39-,41?,42?,43?,44?,48-,49-,50+,51-/m0/s1. The third kappa shape index (κ3) is 7.60. The van der Waals surface area contributed by atoms with E-state index in [-0.39, 0.29) is 28.9 Å². The lowest BCUT2D eigenvalue weighted by Gasteiger charge is -2.69. The number of nitrogens with zero attached hydrogens (tertiary/aromatic N) is 1. The van der Waals surface area contributed by atoms with Crippen LogP contribution in [0.15, 0.2) is 65.8 Å². The average Bonchev–Trinajstić information content (AvgIpc) is 3.61. The molecule has 1 N–H and O–H groups in total. The van der Waals surface area contributed by atoms with Crippen LogP contribution in [0, 0.1) is 57.2 Å². The molecule has 1 saturated heterocycles. The molecule has 6 aliphatic carbocycles. The Bertz CT molecular complexity index is 1980. The average molecular weight is 843 g/mol. The zero-order valence-electron chi connectivity index (χ0n) is 37.7. The molecule has 10 atom stereocenters. The van der Waals surface area contributed by atoms with Crippen LogP contribution in [0.3, 0.4) is 0 Å². The van der Waals surface area contributed by atoms with Crippen LogP contribution in [0.5, 0.6) is 0 Å². The van der Waals surface area contributed by atoms with Crippen molar-refractivity contribution in [2.24, 2.45) is 57.2 Å². The van der Waals surface area contributed by atoms with Crippen LogP contribution in [0.4, 0.5) is 0 Å². The molecule has 1 aromatic carbocycles. The van der Waals surface area contributed by atoms with E-state index in [0.717, 1.165) is 31.8 Å². The van der Waals surface area contributed by atoms with Gasteiger partial charge in [0.1, 0.15) is 12.0 Å². The van der Waals surface area contributed by atoms with Crippen LogP contribution in [-0.2, 0) is 24.1 Å². The molecule has 0 bridgehead atoms. The van der Waals surface area contributed by atoms with Crippen LogP contribution >= 0.6 is 0 Å². The molecule has 8 nitrogen and oxygen atoms in total. The van der Waals surface area contributed by atoms with Crippen LogP contribution < -0.4 is 5.32 Å². The Morgan fingerprint density at radius 1 is 0.867 bits per heavy atom. The quantitative estimate of drug-likeness (QED) is 0.174. The second-order valence-corrected chi connectivity index (χ2v) is 23.9. The summed E-state index contributed by atoms with van der Waals surface area (Å²) < 4.78 is 35.6. The van der Waals surface area contributed by atoms with Crippen molar-refractivity contribution in [1.29, 1.82) is 0 Å². The van der Waals surface area contributed by atoms with Crippen molar-refractivity contribution >= 4 is 21.8 Å². The van der Waals surface area contributed by atoms with Gasteiger partial charge in [0.15, 0.2) is 9.84 Å². The van der Waals surface area contributed by atoms with Crippen molar-refractivity contribution in [3.63, 3.8) is 0 Å². The van der Waals surface area contributed by atoms with Crippen LogP contribution in [0.2, 0.25) is 0 Å². The van der Waals surface area contributed by atoms with Crippen molar-refractivity contribution in [3.05, 3.63) is 71.3 Å². The first kappa shape index (κ1) is 43.9. The lowest BCUT2D eigenvalue weighted by atomic mass is 9.36. The van der Waals surface area contributed by atoms with E-state index in [1.54, 1.807) is 12.1 Å². The van der Waals surface area contributed by atoms with Crippen molar-refractivity contribution in [3.8, 4) is 0 Å². The van der Waals surface area contributed by atoms with Gasteiger partial charge < -0.3 is 19.7 Å². The number of hydrogen-bond donors (Lipinski definition) is 1. The number of esters is 2. The molecule has 8 rings (SSSR count). The summed E-state index contributed by atoms with van der Waals surface area (Å²) in [6.07, 6.45) is 18.0. The number of rotatable bonds is 11. The van der Waals surface area contributed by atoms with Gasteiger partial charge in [-0.2, -0.15) is 0 Å². The number of fused-ring (bicyclic) bond motifs is 7. The zero-order valence-corrected chi connectivity index (χ0v) is 38.5. The van der Waals surface area contributed by atoms with Gasteiger partial charge in [0, 0.05) is 31.7 Å². The Balaban J connectivity index is 0.986. The second-order valence-electron chi connectivity index (χ2n) is 21.6. The van der Waals surface area contributed by atoms with Crippen molar-refractivity contribution in [1.82, 2.24) is 10.2 Å². The van der Waals surface area contributed by atoms with E-state index >= 15 is 0 Å². The summed E-state index contributed by atoms with van der Waals surface area (Å²) >= 11 is 0. The lowest BCUT2D eigenvalue weighted by Crippen LogP contribution is -2.64. The molecule has 0 radical (unpaired) electrons. The molecule has 1 aromatic rings. The van der Waals surface area contributed by atoms with Gasteiger partial charge in [-0.3, -0.25) is 4.79 Å². The fourth-order valence-corrected chi connectivity index (χ4v) is 16.6. The van der Waals surface area contributed by atoms with Crippen LogP contribution in [0.25, 0.3) is 0 Å². The summed E-state index contributed by atoms with van der Waals surface area (Å²) in [5.74, 6) is 3.79. The molecule has 1 aliphatic heterocycles. The maximum atomic E-state index is 13.5. The highest BCUT2D eigenvalue weighted by molar-refractivity contribution is 7.91. The number of nitrogens with one attached hydrogen (secondary N) is 1. The number of sulfone groups is 1. The van der Waals surface area contributed by atoms with E-state index in [1.807, 2.05) is 25.1 Å². The molecule has 0 aromatic heterocycles. The second kappa shape index (κ2) is 16.4. The number of ether oxygens (including phenoxy) is 2. The normalized spacial score (nSPS) is 39.4. The summed E-state index contributed by atoms with van der Waals surface area (Å²) in [7, 11) is -2.87. The minimum absolute atomic E-state index is 0.00139. The van der Waals surface area contributed by atoms with E-state index in [1.165, 1.54) is 68.1 Å². The van der Waals surface area contributed by atoms with Crippen molar-refractivity contribution in [2.45, 2.75) is 124 Å². The predicted octanol–water partition coefficient (Wildman–Crippen LogP) is 9.38. The highest BCUT2D eigenvalue weighted by atomic mass is 32.2. The molecule has 7 aliphatic rings. The molecule has 0 spiro atoms. The van der Waals surface area contributed by atoms with Crippen LogP contribution in [0.1, 0.15) is 129 Å². The maximum absolute atomic E-state index is 13.5. The number of benzene rings is 1. The van der Waals surface area contributed by atoms with Gasteiger partial charge in [-0.1, -0.05) is 70.2 Å². The van der Waals surface area contributed by atoms with E-state index in [0.29, 0.717) is 84.6 Å². The first-order chi connectivity index (χ1) is 28.5. The Morgan fingerprint density at radius 3 is 2.28 bits per heavy atom. The summed E-state index contributed by atoms with van der Waals surface area (Å²) in [6, 6.07) is 9.01. The molecular weight excluding hydrogens is 769 g/mol. The molecule has 5 fully saturated rings. The summed E-state index contributed by atoms with van der Waals surface area (Å²) in [5.41, 5.74) is 4.50. The molecule has 1 heterocycles. The highest BCUT2D eigenvalue weighted by Gasteiger charge is 2.66. The fourth-order valence-electron chi connectivity index (χ4n) is 15.4. The van der Waals surface area contributed by atoms with Crippen molar-refractivity contribution < 1.29 is 27.5 Å². The highest BCUT2D eigenvalue weighted by Crippen LogP contribution is 2.73. The topological polar surface area (TPSA) is 102 Å². The molecule has 60 heavy (non-hydrogen) atoms. The minimum atomic E-state index is -2.87. The van der Waals surface area contributed by atoms with E-state index < -0.39 is 21.2 Å². The van der Waals surface area contributed by atoms with Gasteiger partial charge in [-0.15, -0.1) is 0 Å². The Hall–Kier alpha value is -2.75. The van der Waals surface area contributed by atoms with Gasteiger partial charge in [0.2, 0.25) is 0 Å². The van der Waals surface area contributed by atoms with Gasteiger partial charge in [0.25, 0.3) is 0 Å². The molecule has 4 unspecified atom stereocenters. The molecule has 9 heteroatoms. The lowest BCUT2D eigenvalue weighted by molar-refractivity contribution is -0.177. The summed E-state index contributed by atoms with van der Waals surface area (Å²) in [4.78, 5) is 28.9. The Labute approximate surface area is 361 Å². The maximum Gasteiger partial charge on any atom is 0.338 e. The number of carbonyl (C=O) groups excluding carboxylic acids is 2. The Kier molecular flexibility index (Phi) is 12.0. The third-order valence-corrected chi connectivity index (χ3v) is 19.9. The Morgan fingerprint density at radius 2 is 1.60 bits per heavy atom. The van der Waals surface area contributed by atoms with Gasteiger partial charge in [-0.05, 0) is 166 Å². The SMILES string of the molecule is C=C(C)[C@@H]1CC[C@]2(NCCN3CCS(=O)(=O)CC3)CCC3[C@H](CCC4[C@@]3(C)CCC3C(C)(C)C(C5=CC[C@@](COC(=O)c6ccccc6)(C(=O)OCC)CC5)=CC[C@@]34C)C12.